The Kier molecular flexibility index (Phi) is 5.13. The summed E-state index contributed by atoms with van der Waals surface area (Å²) in [5.74, 6) is -0.282. The van der Waals surface area contributed by atoms with Gasteiger partial charge in [0.25, 0.3) is 0 Å². The number of furan rings is 1. The fourth-order valence-electron chi connectivity index (χ4n) is 4.99. The standard InChI is InChI=1S/C32H22FN2O/c1-20-15-28-26-13-11-24(18-34)31(23-10-6-9-22(16-23)21-7-4-3-5-8-21)32(26)36-30(28)17-27(20)29-14-12-25(33)19-35(29)2/h3-17,19H,1-2H3/q+1. The third kappa shape index (κ3) is 3.54. The molecule has 4 aromatic carbocycles. The second-order valence-electron chi connectivity index (χ2n) is 9.03. The van der Waals surface area contributed by atoms with Crippen molar-refractivity contribution in [3.63, 3.8) is 0 Å². The molecule has 2 heterocycles. The molecule has 0 saturated heterocycles. The lowest BCUT2D eigenvalue weighted by Gasteiger charge is -2.08. The van der Waals surface area contributed by atoms with E-state index in [1.54, 1.807) is 10.6 Å². The number of aromatic nitrogens is 1. The highest BCUT2D eigenvalue weighted by Gasteiger charge is 2.20. The number of hydrogen-bond donors (Lipinski definition) is 0. The zero-order valence-corrected chi connectivity index (χ0v) is 19.9. The van der Waals surface area contributed by atoms with E-state index in [-0.39, 0.29) is 5.82 Å². The lowest BCUT2D eigenvalue weighted by atomic mass is 9.94. The van der Waals surface area contributed by atoms with E-state index < -0.39 is 0 Å². The number of hydrogen-bond acceptors (Lipinski definition) is 2. The van der Waals surface area contributed by atoms with Gasteiger partial charge in [-0.2, -0.15) is 9.83 Å². The first-order chi connectivity index (χ1) is 17.5. The molecule has 0 atom stereocenters. The highest BCUT2D eigenvalue weighted by molar-refractivity contribution is 6.11. The third-order valence-electron chi connectivity index (χ3n) is 6.74. The summed E-state index contributed by atoms with van der Waals surface area (Å²) < 4.78 is 22.0. The van der Waals surface area contributed by atoms with E-state index in [1.165, 1.54) is 12.3 Å². The van der Waals surface area contributed by atoms with Crippen LogP contribution >= 0.6 is 0 Å². The summed E-state index contributed by atoms with van der Waals surface area (Å²) >= 11 is 0. The van der Waals surface area contributed by atoms with Crippen molar-refractivity contribution in [3.05, 3.63) is 114 Å². The second-order valence-corrected chi connectivity index (χ2v) is 9.03. The Bertz CT molecular complexity index is 1830. The highest BCUT2D eigenvalue weighted by Crippen LogP contribution is 2.40. The van der Waals surface area contributed by atoms with E-state index in [4.69, 9.17) is 4.42 Å². The van der Waals surface area contributed by atoms with Gasteiger partial charge in [-0.25, -0.2) is 4.39 Å². The molecule has 0 unspecified atom stereocenters. The topological polar surface area (TPSA) is 40.8 Å². The molecule has 0 aliphatic rings. The van der Waals surface area contributed by atoms with Crippen molar-refractivity contribution in [1.82, 2.24) is 0 Å². The van der Waals surface area contributed by atoms with Crippen LogP contribution in [0.4, 0.5) is 4.39 Å². The summed E-state index contributed by atoms with van der Waals surface area (Å²) in [4.78, 5) is 0. The first kappa shape index (κ1) is 21.8. The molecule has 0 spiro atoms. The molecule has 4 heteroatoms. The van der Waals surface area contributed by atoms with Crippen LogP contribution in [0.2, 0.25) is 0 Å². The average molecular weight is 470 g/mol. The molecule has 0 amide bonds. The smallest absolute Gasteiger partial charge is 0.212 e. The molecule has 36 heavy (non-hydrogen) atoms. The van der Waals surface area contributed by atoms with Crippen LogP contribution in [0.15, 0.2) is 102 Å². The van der Waals surface area contributed by atoms with Gasteiger partial charge in [0.2, 0.25) is 11.9 Å². The molecule has 6 aromatic rings. The van der Waals surface area contributed by atoms with Gasteiger partial charge in [0.05, 0.1) is 17.2 Å². The van der Waals surface area contributed by atoms with Crippen molar-refractivity contribution in [2.24, 2.45) is 7.05 Å². The lowest BCUT2D eigenvalue weighted by Crippen LogP contribution is -2.31. The molecule has 0 aliphatic carbocycles. The molecule has 0 radical (unpaired) electrons. The zero-order chi connectivity index (χ0) is 24.8. The van der Waals surface area contributed by atoms with Crippen LogP contribution in [0, 0.1) is 24.1 Å². The Morgan fingerprint density at radius 3 is 2.36 bits per heavy atom. The highest BCUT2D eigenvalue weighted by atomic mass is 19.1. The summed E-state index contributed by atoms with van der Waals surface area (Å²) in [5, 5.41) is 11.9. The Morgan fingerprint density at radius 1 is 0.806 bits per heavy atom. The zero-order valence-electron chi connectivity index (χ0n) is 19.9. The van der Waals surface area contributed by atoms with Gasteiger partial charge in [0.1, 0.15) is 18.2 Å². The Hall–Kier alpha value is -4.75. The summed E-state index contributed by atoms with van der Waals surface area (Å²) in [5.41, 5.74) is 8.81. The summed E-state index contributed by atoms with van der Waals surface area (Å²) in [6, 6.07) is 31.9. The number of benzene rings is 4. The summed E-state index contributed by atoms with van der Waals surface area (Å²) in [6.45, 7) is 2.05. The van der Waals surface area contributed by atoms with Crippen LogP contribution in [0.5, 0.6) is 0 Å². The fourth-order valence-corrected chi connectivity index (χ4v) is 4.99. The number of fused-ring (bicyclic) bond motifs is 3. The molecule has 172 valence electrons. The van der Waals surface area contributed by atoms with E-state index >= 15 is 0 Å². The molecule has 6 rings (SSSR count). The molecular formula is C32H22FN2O+. The minimum absolute atomic E-state index is 0.282. The minimum atomic E-state index is -0.282. The van der Waals surface area contributed by atoms with Gasteiger partial charge in [0, 0.05) is 22.4 Å². The van der Waals surface area contributed by atoms with Gasteiger partial charge in [0.15, 0.2) is 5.82 Å². The van der Waals surface area contributed by atoms with Crippen LogP contribution in [0.1, 0.15) is 11.1 Å². The minimum Gasteiger partial charge on any atom is -0.455 e. The number of aryl methyl sites for hydroxylation is 2. The van der Waals surface area contributed by atoms with Gasteiger partial charge in [-0.15, -0.1) is 0 Å². The van der Waals surface area contributed by atoms with Crippen LogP contribution in [-0.2, 0) is 7.05 Å². The normalized spacial score (nSPS) is 11.2. The van der Waals surface area contributed by atoms with Crippen molar-refractivity contribution < 1.29 is 13.4 Å². The number of pyridine rings is 1. The van der Waals surface area contributed by atoms with Gasteiger partial charge in [-0.1, -0.05) is 48.5 Å². The maximum Gasteiger partial charge on any atom is 0.212 e. The molecular weight excluding hydrogens is 447 g/mol. The maximum atomic E-state index is 13.7. The quantitative estimate of drug-likeness (QED) is 0.249. The SMILES string of the molecule is Cc1cc2c(cc1-c1ccc(F)c[n+]1C)oc1c(-c3cccc(-c4ccccc4)c3)c(C#N)ccc12. The van der Waals surface area contributed by atoms with E-state index in [9.17, 15) is 9.65 Å². The average Bonchev–Trinajstić information content (AvgIpc) is 3.25. The van der Waals surface area contributed by atoms with Gasteiger partial charge in [-0.3, -0.25) is 0 Å². The molecule has 0 N–H and O–H groups in total. The largest absolute Gasteiger partial charge is 0.455 e. The van der Waals surface area contributed by atoms with Crippen LogP contribution in [-0.4, -0.2) is 0 Å². The van der Waals surface area contributed by atoms with Crippen LogP contribution < -0.4 is 4.57 Å². The fraction of sp³-hybridized carbons (Fsp3) is 0.0625. The number of nitrogens with zero attached hydrogens (tertiary/aromatic N) is 2. The molecule has 3 nitrogen and oxygen atoms in total. The number of nitriles is 1. The van der Waals surface area contributed by atoms with Crippen molar-refractivity contribution in [1.29, 1.82) is 5.26 Å². The first-order valence-electron chi connectivity index (χ1n) is 11.7. The van der Waals surface area contributed by atoms with Gasteiger partial charge < -0.3 is 4.42 Å². The predicted octanol–water partition coefficient (Wildman–Crippen LogP) is 7.73. The van der Waals surface area contributed by atoms with Gasteiger partial charge >= 0.3 is 0 Å². The Balaban J connectivity index is 1.59. The molecule has 2 aromatic heterocycles. The Morgan fingerprint density at radius 2 is 1.58 bits per heavy atom. The van der Waals surface area contributed by atoms with Gasteiger partial charge in [-0.05, 0) is 65.6 Å². The lowest BCUT2D eigenvalue weighted by molar-refractivity contribution is -0.661. The van der Waals surface area contributed by atoms with Crippen molar-refractivity contribution in [3.8, 4) is 39.6 Å². The van der Waals surface area contributed by atoms with Crippen molar-refractivity contribution in [2.45, 2.75) is 6.92 Å². The van der Waals surface area contributed by atoms with Crippen molar-refractivity contribution >= 4 is 21.9 Å². The van der Waals surface area contributed by atoms with Crippen LogP contribution in [0.25, 0.3) is 55.4 Å². The van der Waals surface area contributed by atoms with Crippen LogP contribution in [0.3, 0.4) is 0 Å². The third-order valence-corrected chi connectivity index (χ3v) is 6.74. The van der Waals surface area contributed by atoms with E-state index in [0.717, 1.165) is 55.4 Å². The Labute approximate surface area is 208 Å². The number of rotatable bonds is 3. The van der Waals surface area contributed by atoms with E-state index in [0.29, 0.717) is 11.1 Å². The molecule has 0 fully saturated rings. The predicted molar refractivity (Wildman–Crippen MR) is 141 cm³/mol. The number of halogens is 1. The van der Waals surface area contributed by atoms with E-state index in [1.807, 2.05) is 62.5 Å². The maximum absolute atomic E-state index is 13.7. The monoisotopic (exact) mass is 469 g/mol. The second kappa shape index (κ2) is 8.48. The van der Waals surface area contributed by atoms with Crippen molar-refractivity contribution in [2.75, 3.05) is 0 Å². The molecule has 0 aliphatic heterocycles. The summed E-state index contributed by atoms with van der Waals surface area (Å²) in [6.07, 6.45) is 1.47. The molecule has 0 bridgehead atoms. The van der Waals surface area contributed by atoms with E-state index in [2.05, 4.69) is 36.4 Å². The summed E-state index contributed by atoms with van der Waals surface area (Å²) in [7, 11) is 1.83. The molecule has 0 saturated carbocycles. The first-order valence-corrected chi connectivity index (χ1v) is 11.7.